The molecule has 0 unspecified atom stereocenters. The van der Waals surface area contributed by atoms with Gasteiger partial charge in [0, 0.05) is 17.1 Å². The van der Waals surface area contributed by atoms with Gasteiger partial charge in [-0.25, -0.2) is 16.8 Å². The van der Waals surface area contributed by atoms with Crippen LogP contribution in [0.5, 0.6) is 0 Å². The molecule has 0 spiro atoms. The van der Waals surface area contributed by atoms with Gasteiger partial charge in [-0.3, -0.25) is 0 Å². The number of fused-ring (bicyclic) bond motifs is 1. The Morgan fingerprint density at radius 1 is 1.10 bits per heavy atom. The molecular formula is C15H11BrFNO2S. The third-order valence-corrected chi connectivity index (χ3v) is 5.70. The van der Waals surface area contributed by atoms with Crippen molar-refractivity contribution in [2.45, 2.75) is 11.8 Å². The number of aromatic nitrogens is 1. The average molecular weight is 368 g/mol. The Morgan fingerprint density at radius 3 is 2.43 bits per heavy atom. The molecule has 3 nitrogen and oxygen atoms in total. The number of nitrogens with zero attached hydrogens (tertiary/aromatic N) is 1. The minimum absolute atomic E-state index is 0.175. The number of rotatable bonds is 2. The molecule has 108 valence electrons. The second-order valence-electron chi connectivity index (χ2n) is 4.69. The van der Waals surface area contributed by atoms with Gasteiger partial charge in [-0.15, -0.1) is 0 Å². The van der Waals surface area contributed by atoms with E-state index in [2.05, 4.69) is 15.9 Å². The lowest BCUT2D eigenvalue weighted by Crippen LogP contribution is -2.14. The SMILES string of the molecule is Cc1cc2cc(Br)c(F)cc2n1S(=O)(=O)c1ccccc1. The van der Waals surface area contributed by atoms with Crippen LogP contribution in [0.4, 0.5) is 4.39 Å². The molecule has 3 rings (SSSR count). The zero-order chi connectivity index (χ0) is 15.2. The molecule has 0 amide bonds. The molecule has 0 aliphatic carbocycles. The van der Waals surface area contributed by atoms with E-state index in [0.29, 0.717) is 21.1 Å². The van der Waals surface area contributed by atoms with Crippen molar-refractivity contribution in [2.24, 2.45) is 0 Å². The number of halogens is 2. The molecule has 0 saturated heterocycles. The summed E-state index contributed by atoms with van der Waals surface area (Å²) in [6.07, 6.45) is 0. The van der Waals surface area contributed by atoms with E-state index in [0.717, 1.165) is 0 Å². The molecule has 21 heavy (non-hydrogen) atoms. The van der Waals surface area contributed by atoms with Crippen LogP contribution < -0.4 is 0 Å². The van der Waals surface area contributed by atoms with Crippen molar-refractivity contribution < 1.29 is 12.8 Å². The maximum atomic E-state index is 13.8. The fourth-order valence-electron chi connectivity index (χ4n) is 2.33. The molecule has 0 saturated carbocycles. The molecule has 3 aromatic rings. The quantitative estimate of drug-likeness (QED) is 0.684. The second kappa shape index (κ2) is 4.96. The first-order valence-corrected chi connectivity index (χ1v) is 8.42. The zero-order valence-electron chi connectivity index (χ0n) is 11.0. The first-order chi connectivity index (χ1) is 9.91. The molecule has 1 heterocycles. The van der Waals surface area contributed by atoms with Gasteiger partial charge in [0.2, 0.25) is 0 Å². The van der Waals surface area contributed by atoms with Crippen LogP contribution in [0.25, 0.3) is 10.9 Å². The van der Waals surface area contributed by atoms with Crippen molar-refractivity contribution in [3.63, 3.8) is 0 Å². The molecule has 2 aromatic carbocycles. The highest BCUT2D eigenvalue weighted by molar-refractivity contribution is 9.10. The van der Waals surface area contributed by atoms with Crippen LogP contribution in [-0.2, 0) is 10.0 Å². The van der Waals surface area contributed by atoms with E-state index < -0.39 is 15.8 Å². The topological polar surface area (TPSA) is 39.1 Å². The average Bonchev–Trinajstić information content (AvgIpc) is 2.76. The van der Waals surface area contributed by atoms with Crippen LogP contribution in [0.15, 0.2) is 57.9 Å². The molecule has 0 radical (unpaired) electrons. The van der Waals surface area contributed by atoms with E-state index in [9.17, 15) is 12.8 Å². The summed E-state index contributed by atoms with van der Waals surface area (Å²) >= 11 is 3.11. The lowest BCUT2D eigenvalue weighted by atomic mass is 10.2. The molecule has 1 aromatic heterocycles. The second-order valence-corrected chi connectivity index (χ2v) is 7.33. The molecule has 0 bridgehead atoms. The largest absolute Gasteiger partial charge is 0.268 e. The Bertz CT molecular complexity index is 933. The van der Waals surface area contributed by atoms with E-state index in [1.54, 1.807) is 37.3 Å². The van der Waals surface area contributed by atoms with Crippen molar-refractivity contribution in [3.05, 3.63) is 64.5 Å². The highest BCUT2D eigenvalue weighted by Crippen LogP contribution is 2.29. The minimum Gasteiger partial charge on any atom is -0.238 e. The number of hydrogen-bond donors (Lipinski definition) is 0. The zero-order valence-corrected chi connectivity index (χ0v) is 13.4. The van der Waals surface area contributed by atoms with Crippen LogP contribution in [-0.4, -0.2) is 12.4 Å². The third kappa shape index (κ3) is 2.28. The molecular weight excluding hydrogens is 357 g/mol. The molecule has 0 fully saturated rings. The van der Waals surface area contributed by atoms with Gasteiger partial charge < -0.3 is 0 Å². The van der Waals surface area contributed by atoms with Gasteiger partial charge in [0.15, 0.2) is 0 Å². The Morgan fingerprint density at radius 2 is 1.76 bits per heavy atom. The van der Waals surface area contributed by atoms with Gasteiger partial charge in [0.25, 0.3) is 10.0 Å². The van der Waals surface area contributed by atoms with Crippen LogP contribution in [0.3, 0.4) is 0 Å². The fourth-order valence-corrected chi connectivity index (χ4v) is 4.26. The molecule has 6 heteroatoms. The number of aryl methyl sites for hydroxylation is 1. The summed E-state index contributed by atoms with van der Waals surface area (Å²) in [5.74, 6) is -0.495. The predicted octanol–water partition coefficient (Wildman–Crippen LogP) is 4.09. The smallest absolute Gasteiger partial charge is 0.238 e. The predicted molar refractivity (Wildman–Crippen MR) is 83.4 cm³/mol. The summed E-state index contributed by atoms with van der Waals surface area (Å²) in [6.45, 7) is 1.69. The van der Waals surface area contributed by atoms with E-state index in [1.807, 2.05) is 0 Å². The Balaban J connectivity index is 2.35. The van der Waals surface area contributed by atoms with Gasteiger partial charge in [-0.1, -0.05) is 18.2 Å². The summed E-state index contributed by atoms with van der Waals surface area (Å²) in [5.41, 5.74) is 0.864. The highest BCUT2D eigenvalue weighted by atomic mass is 79.9. The van der Waals surface area contributed by atoms with Crippen molar-refractivity contribution in [2.75, 3.05) is 0 Å². The van der Waals surface area contributed by atoms with Crippen LogP contribution in [0.2, 0.25) is 0 Å². The molecule has 0 aliphatic rings. The Kier molecular flexibility index (Phi) is 3.37. The normalized spacial score (nSPS) is 12.0. The van der Waals surface area contributed by atoms with Crippen molar-refractivity contribution >= 4 is 36.9 Å². The number of hydrogen-bond acceptors (Lipinski definition) is 2. The van der Waals surface area contributed by atoms with Gasteiger partial charge >= 0.3 is 0 Å². The molecule has 0 atom stereocenters. The summed E-state index contributed by atoms with van der Waals surface area (Å²) < 4.78 is 40.8. The van der Waals surface area contributed by atoms with Gasteiger partial charge in [-0.05, 0) is 47.1 Å². The maximum Gasteiger partial charge on any atom is 0.268 e. The first-order valence-electron chi connectivity index (χ1n) is 6.19. The first kappa shape index (κ1) is 14.3. The molecule has 0 N–H and O–H groups in total. The lowest BCUT2D eigenvalue weighted by molar-refractivity contribution is 0.587. The fraction of sp³-hybridized carbons (Fsp3) is 0.0667. The monoisotopic (exact) mass is 367 g/mol. The van der Waals surface area contributed by atoms with E-state index in [4.69, 9.17) is 0 Å². The minimum atomic E-state index is -3.75. The van der Waals surface area contributed by atoms with Gasteiger partial charge in [0.05, 0.1) is 14.9 Å². The summed E-state index contributed by atoms with van der Waals surface area (Å²) in [5, 5.41) is 0.667. The van der Waals surface area contributed by atoms with E-state index in [-0.39, 0.29) is 4.90 Å². The Hall–Kier alpha value is -1.66. The summed E-state index contributed by atoms with van der Waals surface area (Å²) in [7, 11) is -3.75. The standard InChI is InChI=1S/C15H11BrFNO2S/c1-10-7-11-8-13(16)14(17)9-15(11)18(10)21(19,20)12-5-3-2-4-6-12/h2-9H,1H3. The van der Waals surface area contributed by atoms with Crippen molar-refractivity contribution in [1.82, 2.24) is 3.97 Å². The van der Waals surface area contributed by atoms with Crippen LogP contribution in [0.1, 0.15) is 5.69 Å². The van der Waals surface area contributed by atoms with Crippen LogP contribution in [0, 0.1) is 12.7 Å². The summed E-state index contributed by atoms with van der Waals surface area (Å²) in [6, 6.07) is 12.6. The highest BCUT2D eigenvalue weighted by Gasteiger charge is 2.22. The van der Waals surface area contributed by atoms with Crippen LogP contribution >= 0.6 is 15.9 Å². The Labute approximate surface area is 130 Å². The lowest BCUT2D eigenvalue weighted by Gasteiger charge is -2.10. The van der Waals surface area contributed by atoms with Gasteiger partial charge in [0.1, 0.15) is 5.82 Å². The van der Waals surface area contributed by atoms with Gasteiger partial charge in [-0.2, -0.15) is 0 Å². The van der Waals surface area contributed by atoms with Crippen molar-refractivity contribution in [3.8, 4) is 0 Å². The summed E-state index contributed by atoms with van der Waals surface area (Å²) in [4.78, 5) is 0.175. The van der Waals surface area contributed by atoms with E-state index >= 15 is 0 Å². The number of benzene rings is 2. The molecule has 0 aliphatic heterocycles. The maximum absolute atomic E-state index is 13.8. The third-order valence-electron chi connectivity index (χ3n) is 3.25. The van der Waals surface area contributed by atoms with E-state index in [1.165, 1.54) is 22.2 Å². The van der Waals surface area contributed by atoms with Crippen molar-refractivity contribution in [1.29, 1.82) is 0 Å².